The lowest BCUT2D eigenvalue weighted by atomic mass is 10.3. The first kappa shape index (κ1) is 15.4. The van der Waals surface area contributed by atoms with E-state index >= 15 is 0 Å². The Morgan fingerprint density at radius 3 is 2.50 bits per heavy atom. The molecule has 0 atom stereocenters. The summed E-state index contributed by atoms with van der Waals surface area (Å²) in [5.74, 6) is 0. The van der Waals surface area contributed by atoms with Gasteiger partial charge >= 0.3 is 6.09 Å². The Labute approximate surface area is 120 Å². The second-order valence-corrected chi connectivity index (χ2v) is 4.43. The molecule has 1 amide bonds. The smallest absolute Gasteiger partial charge is 0.411 e. The minimum atomic E-state index is -0.630. The van der Waals surface area contributed by atoms with Crippen molar-refractivity contribution in [3.05, 3.63) is 27.2 Å². The summed E-state index contributed by atoms with van der Waals surface area (Å²) in [6, 6.07) is 2.90. The summed E-state index contributed by atoms with van der Waals surface area (Å²) in [6.45, 7) is 2.94. The number of amides is 1. The highest BCUT2D eigenvalue weighted by Gasteiger charge is 2.09. The summed E-state index contributed by atoms with van der Waals surface area (Å²) >= 11 is 17.5. The van der Waals surface area contributed by atoms with Crippen molar-refractivity contribution in [2.75, 3.05) is 25.1 Å². The van der Waals surface area contributed by atoms with Crippen molar-refractivity contribution in [2.45, 2.75) is 6.92 Å². The summed E-state index contributed by atoms with van der Waals surface area (Å²) in [6.07, 6.45) is -0.630. The number of hydrogen-bond donors (Lipinski definition) is 1. The topological polar surface area (TPSA) is 47.6 Å². The molecule has 4 nitrogen and oxygen atoms in total. The summed E-state index contributed by atoms with van der Waals surface area (Å²) in [5.41, 5.74) is 0.340. The highest BCUT2D eigenvalue weighted by molar-refractivity contribution is 6.44. The molecule has 0 aromatic heterocycles. The van der Waals surface area contributed by atoms with E-state index in [1.165, 1.54) is 12.1 Å². The Morgan fingerprint density at radius 2 is 1.83 bits per heavy atom. The number of halogens is 3. The second-order valence-electron chi connectivity index (χ2n) is 3.20. The normalized spacial score (nSPS) is 10.2. The van der Waals surface area contributed by atoms with Gasteiger partial charge in [-0.1, -0.05) is 34.8 Å². The van der Waals surface area contributed by atoms with Crippen LogP contribution in [0.3, 0.4) is 0 Å². The summed E-state index contributed by atoms with van der Waals surface area (Å²) in [4.78, 5) is 11.4. The molecular weight excluding hydrogens is 300 g/mol. The van der Waals surface area contributed by atoms with Crippen LogP contribution in [0.2, 0.25) is 15.1 Å². The van der Waals surface area contributed by atoms with Gasteiger partial charge in [0.25, 0.3) is 0 Å². The van der Waals surface area contributed by atoms with Crippen LogP contribution in [0, 0.1) is 0 Å². The highest BCUT2D eigenvalue weighted by Crippen LogP contribution is 2.32. The molecule has 0 heterocycles. The predicted molar refractivity (Wildman–Crippen MR) is 72.9 cm³/mol. The number of anilines is 1. The minimum Gasteiger partial charge on any atom is -0.447 e. The van der Waals surface area contributed by atoms with Crippen LogP contribution in [0.25, 0.3) is 0 Å². The number of hydrogen-bond acceptors (Lipinski definition) is 3. The molecule has 0 unspecified atom stereocenters. The van der Waals surface area contributed by atoms with E-state index in [0.29, 0.717) is 28.9 Å². The van der Waals surface area contributed by atoms with Gasteiger partial charge in [-0.25, -0.2) is 4.79 Å². The van der Waals surface area contributed by atoms with Crippen molar-refractivity contribution >= 4 is 46.6 Å². The maximum atomic E-state index is 11.4. The average Bonchev–Trinajstić information content (AvgIpc) is 2.32. The van der Waals surface area contributed by atoms with Crippen molar-refractivity contribution in [2.24, 2.45) is 0 Å². The molecule has 100 valence electrons. The van der Waals surface area contributed by atoms with Crippen molar-refractivity contribution in [1.29, 1.82) is 0 Å². The van der Waals surface area contributed by atoms with E-state index in [9.17, 15) is 4.79 Å². The standard InChI is InChI=1S/C11H12Cl3NO3/c1-2-17-3-4-18-11(16)15-10-6-8(13)7(12)5-9(10)14/h5-6H,2-4H2,1H3,(H,15,16). The molecular formula is C11H12Cl3NO3. The lowest BCUT2D eigenvalue weighted by molar-refractivity contribution is 0.0850. The second kappa shape index (κ2) is 7.69. The Hall–Kier alpha value is -0.680. The highest BCUT2D eigenvalue weighted by atomic mass is 35.5. The molecule has 1 aromatic carbocycles. The van der Waals surface area contributed by atoms with Gasteiger partial charge in [0.15, 0.2) is 0 Å². The van der Waals surface area contributed by atoms with E-state index in [4.69, 9.17) is 44.3 Å². The molecule has 0 bridgehead atoms. The molecule has 0 fully saturated rings. The zero-order chi connectivity index (χ0) is 13.5. The Bertz CT molecular complexity index is 426. The van der Waals surface area contributed by atoms with Crippen LogP contribution in [0.5, 0.6) is 0 Å². The van der Waals surface area contributed by atoms with E-state index in [-0.39, 0.29) is 11.6 Å². The molecule has 0 saturated carbocycles. The van der Waals surface area contributed by atoms with Crippen LogP contribution in [-0.4, -0.2) is 25.9 Å². The predicted octanol–water partition coefficient (Wildman–Crippen LogP) is 4.23. The molecule has 7 heteroatoms. The lowest BCUT2D eigenvalue weighted by Crippen LogP contribution is -2.17. The molecule has 18 heavy (non-hydrogen) atoms. The molecule has 1 N–H and O–H groups in total. The van der Waals surface area contributed by atoms with Crippen molar-refractivity contribution < 1.29 is 14.3 Å². The summed E-state index contributed by atoms with van der Waals surface area (Å²) in [7, 11) is 0. The summed E-state index contributed by atoms with van der Waals surface area (Å²) in [5, 5.41) is 3.36. The van der Waals surface area contributed by atoms with Gasteiger partial charge in [0.2, 0.25) is 0 Å². The number of carbonyl (C=O) groups excluding carboxylic acids is 1. The molecule has 0 aliphatic heterocycles. The van der Waals surface area contributed by atoms with E-state index in [0.717, 1.165) is 0 Å². The Kier molecular flexibility index (Phi) is 6.57. The first-order valence-electron chi connectivity index (χ1n) is 5.20. The van der Waals surface area contributed by atoms with Crippen molar-refractivity contribution in [1.82, 2.24) is 0 Å². The van der Waals surface area contributed by atoms with Crippen LogP contribution >= 0.6 is 34.8 Å². The number of ether oxygens (including phenoxy) is 2. The third kappa shape index (κ3) is 4.90. The molecule has 0 aliphatic carbocycles. The van der Waals surface area contributed by atoms with E-state index in [2.05, 4.69) is 5.32 Å². The zero-order valence-corrected chi connectivity index (χ0v) is 11.9. The lowest BCUT2D eigenvalue weighted by Gasteiger charge is -2.09. The largest absolute Gasteiger partial charge is 0.447 e. The number of carbonyl (C=O) groups is 1. The molecule has 0 saturated heterocycles. The zero-order valence-electron chi connectivity index (χ0n) is 9.63. The SMILES string of the molecule is CCOCCOC(=O)Nc1cc(Cl)c(Cl)cc1Cl. The first-order valence-corrected chi connectivity index (χ1v) is 6.34. The van der Waals surface area contributed by atoms with Gasteiger partial charge in [0, 0.05) is 6.61 Å². The third-order valence-corrected chi connectivity index (χ3v) is 2.95. The van der Waals surface area contributed by atoms with Gasteiger partial charge in [0.1, 0.15) is 6.61 Å². The first-order chi connectivity index (χ1) is 8.54. The Balaban J connectivity index is 2.51. The van der Waals surface area contributed by atoms with Crippen LogP contribution in [0.4, 0.5) is 10.5 Å². The minimum absolute atomic E-state index is 0.165. The monoisotopic (exact) mass is 311 g/mol. The van der Waals surface area contributed by atoms with Gasteiger partial charge in [-0.05, 0) is 19.1 Å². The van der Waals surface area contributed by atoms with Gasteiger partial charge in [0.05, 0.1) is 27.4 Å². The number of rotatable bonds is 5. The van der Waals surface area contributed by atoms with Crippen molar-refractivity contribution in [3.63, 3.8) is 0 Å². The fourth-order valence-electron chi connectivity index (χ4n) is 1.10. The van der Waals surface area contributed by atoms with Crippen molar-refractivity contribution in [3.8, 4) is 0 Å². The third-order valence-electron chi connectivity index (χ3n) is 1.91. The molecule has 0 spiro atoms. The molecule has 1 aromatic rings. The molecule has 0 aliphatic rings. The maximum Gasteiger partial charge on any atom is 0.411 e. The van der Waals surface area contributed by atoms with E-state index in [1.807, 2.05) is 6.92 Å². The van der Waals surface area contributed by atoms with Gasteiger partial charge < -0.3 is 9.47 Å². The van der Waals surface area contributed by atoms with Gasteiger partial charge in [-0.2, -0.15) is 0 Å². The quantitative estimate of drug-likeness (QED) is 0.653. The number of nitrogens with one attached hydrogen (secondary N) is 1. The molecule has 0 radical (unpaired) electrons. The van der Waals surface area contributed by atoms with Gasteiger partial charge in [-0.3, -0.25) is 5.32 Å². The maximum absolute atomic E-state index is 11.4. The molecule has 1 rings (SSSR count). The fraction of sp³-hybridized carbons (Fsp3) is 0.364. The van der Waals surface area contributed by atoms with Crippen LogP contribution in [0.1, 0.15) is 6.92 Å². The average molecular weight is 313 g/mol. The van der Waals surface area contributed by atoms with Crippen LogP contribution in [-0.2, 0) is 9.47 Å². The van der Waals surface area contributed by atoms with E-state index < -0.39 is 6.09 Å². The fourth-order valence-corrected chi connectivity index (χ4v) is 1.70. The Morgan fingerprint density at radius 1 is 1.17 bits per heavy atom. The van der Waals surface area contributed by atoms with Gasteiger partial charge in [-0.15, -0.1) is 0 Å². The summed E-state index contributed by atoms with van der Waals surface area (Å²) < 4.78 is 9.89. The van der Waals surface area contributed by atoms with Crippen LogP contribution < -0.4 is 5.32 Å². The van der Waals surface area contributed by atoms with E-state index in [1.54, 1.807) is 0 Å². The van der Waals surface area contributed by atoms with Crippen LogP contribution in [0.15, 0.2) is 12.1 Å². The number of benzene rings is 1.